The summed E-state index contributed by atoms with van der Waals surface area (Å²) in [6.45, 7) is -0.509. The third-order valence-corrected chi connectivity index (χ3v) is 7.67. The molecular formula is C30H40O12. The van der Waals surface area contributed by atoms with Gasteiger partial charge in [0, 0.05) is 18.8 Å². The van der Waals surface area contributed by atoms with Crippen LogP contribution in [0.4, 0.5) is 0 Å². The molecule has 0 bridgehead atoms. The molecule has 2 aliphatic heterocycles. The minimum absolute atomic E-state index is 0.00673. The molecule has 2 saturated heterocycles. The third-order valence-electron chi connectivity index (χ3n) is 7.67. The number of Topliss-reactive ketones (excluding diaryl/α,β-unsaturated/α-hetero) is 1. The Morgan fingerprint density at radius 1 is 0.833 bits per heavy atom. The number of aliphatic hydroxyl groups is 5. The van der Waals surface area contributed by atoms with Crippen LogP contribution in [0, 0.1) is 5.92 Å². The van der Waals surface area contributed by atoms with E-state index in [1.807, 2.05) is 0 Å². The lowest BCUT2D eigenvalue weighted by molar-refractivity contribution is -0.318. The van der Waals surface area contributed by atoms with E-state index in [4.69, 9.17) is 18.9 Å². The smallest absolute Gasteiger partial charge is 0.186 e. The Bertz CT molecular complexity index is 1110. The van der Waals surface area contributed by atoms with Crippen molar-refractivity contribution in [2.45, 2.75) is 81.3 Å². The maximum atomic E-state index is 13.0. The van der Waals surface area contributed by atoms with E-state index in [-0.39, 0.29) is 49.9 Å². The van der Waals surface area contributed by atoms with Gasteiger partial charge in [-0.1, -0.05) is 24.3 Å². The topological polar surface area (TPSA) is 196 Å². The quantitative estimate of drug-likeness (QED) is 0.157. The normalized spacial score (nSPS) is 30.3. The van der Waals surface area contributed by atoms with Gasteiger partial charge in [-0.3, -0.25) is 4.79 Å². The molecule has 42 heavy (non-hydrogen) atoms. The summed E-state index contributed by atoms with van der Waals surface area (Å²) in [4.78, 5) is 13.0. The Hall–Kier alpha value is -2.65. The number of carbonyl (C=O) groups excluding carboxylic acids is 1. The van der Waals surface area contributed by atoms with Crippen molar-refractivity contribution < 1.29 is 59.5 Å². The van der Waals surface area contributed by atoms with Crippen LogP contribution in [0.5, 0.6) is 11.5 Å². The number of carbonyl (C=O) groups is 1. The molecule has 0 aromatic heterocycles. The number of ketones is 1. The number of benzene rings is 2. The van der Waals surface area contributed by atoms with Gasteiger partial charge >= 0.3 is 0 Å². The number of ether oxygens (including phenoxy) is 4. The van der Waals surface area contributed by atoms with Gasteiger partial charge in [-0.2, -0.15) is 0 Å². The van der Waals surface area contributed by atoms with Crippen LogP contribution < -0.4 is 0 Å². The van der Waals surface area contributed by atoms with E-state index in [0.717, 1.165) is 11.1 Å². The summed E-state index contributed by atoms with van der Waals surface area (Å²) < 4.78 is 22.7. The minimum Gasteiger partial charge on any atom is -0.508 e. The molecule has 2 heterocycles. The molecule has 0 unspecified atom stereocenters. The molecule has 2 aliphatic rings. The molecule has 4 rings (SSSR count). The Balaban J connectivity index is 1.39. The maximum absolute atomic E-state index is 13.0. The van der Waals surface area contributed by atoms with Crippen molar-refractivity contribution in [3.8, 4) is 11.5 Å². The highest BCUT2D eigenvalue weighted by Gasteiger charge is 2.46. The molecule has 0 radical (unpaired) electrons. The largest absolute Gasteiger partial charge is 0.508 e. The van der Waals surface area contributed by atoms with Gasteiger partial charge < -0.3 is 54.7 Å². The Morgan fingerprint density at radius 2 is 1.45 bits per heavy atom. The highest BCUT2D eigenvalue weighted by Crippen LogP contribution is 2.28. The van der Waals surface area contributed by atoms with Crippen LogP contribution in [0.15, 0.2) is 48.5 Å². The summed E-state index contributed by atoms with van der Waals surface area (Å²) in [6, 6.07) is 13.2. The molecule has 7 N–H and O–H groups in total. The molecular weight excluding hydrogens is 552 g/mol. The molecule has 12 heteroatoms. The van der Waals surface area contributed by atoms with E-state index in [1.165, 1.54) is 0 Å². The molecule has 0 spiro atoms. The molecule has 2 fully saturated rings. The van der Waals surface area contributed by atoms with Crippen LogP contribution >= 0.6 is 0 Å². The summed E-state index contributed by atoms with van der Waals surface area (Å²) in [6.07, 6.45) is -8.70. The first kappa shape index (κ1) is 32.3. The zero-order valence-corrected chi connectivity index (χ0v) is 23.1. The Kier molecular flexibility index (Phi) is 11.7. The summed E-state index contributed by atoms with van der Waals surface area (Å²) >= 11 is 0. The van der Waals surface area contributed by atoms with Gasteiger partial charge in [-0.05, 0) is 54.7 Å². The van der Waals surface area contributed by atoms with Crippen LogP contribution in [0.25, 0.3) is 0 Å². The van der Waals surface area contributed by atoms with Crippen molar-refractivity contribution in [3.63, 3.8) is 0 Å². The molecule has 0 aliphatic carbocycles. The van der Waals surface area contributed by atoms with Crippen LogP contribution in [0.1, 0.15) is 30.4 Å². The molecule has 12 nitrogen and oxygen atoms in total. The van der Waals surface area contributed by atoms with Gasteiger partial charge in [0.05, 0.1) is 25.9 Å². The number of phenolic OH excluding ortho intramolecular Hbond substituents is 2. The number of aliphatic hydroxyl groups excluding tert-OH is 5. The summed E-state index contributed by atoms with van der Waals surface area (Å²) in [5.41, 5.74) is 1.77. The fraction of sp³-hybridized carbons (Fsp3) is 0.567. The number of aromatic hydroxyl groups is 2. The maximum Gasteiger partial charge on any atom is 0.186 e. The number of aryl methyl sites for hydroxylation is 2. The predicted molar refractivity (Wildman–Crippen MR) is 146 cm³/mol. The summed E-state index contributed by atoms with van der Waals surface area (Å²) in [5.74, 6) is -0.360. The van der Waals surface area contributed by atoms with Crippen molar-refractivity contribution >= 4 is 5.78 Å². The van der Waals surface area contributed by atoms with E-state index in [2.05, 4.69) is 0 Å². The molecule has 9 atom stereocenters. The van der Waals surface area contributed by atoms with E-state index >= 15 is 0 Å². The van der Waals surface area contributed by atoms with Gasteiger partial charge in [0.2, 0.25) is 0 Å². The molecule has 0 amide bonds. The van der Waals surface area contributed by atoms with Crippen LogP contribution in [0.2, 0.25) is 0 Å². The average Bonchev–Trinajstić information content (AvgIpc) is 3.34. The number of hydrogen-bond acceptors (Lipinski definition) is 12. The van der Waals surface area contributed by atoms with Crippen molar-refractivity contribution in [3.05, 3.63) is 59.7 Å². The SMILES string of the molecule is O=C(CCc1ccc(O)cc1)C[C@H](CCc1ccc(O)cc1)O[C@@H]1O[C@H](CO[C@@H]2OC[C@H](CO)[C@H]2O)[C@@H](O)[C@H](O)[C@H]1O. The molecule has 2 aromatic rings. The van der Waals surface area contributed by atoms with E-state index in [1.54, 1.807) is 48.5 Å². The first-order valence-corrected chi connectivity index (χ1v) is 14.1. The lowest BCUT2D eigenvalue weighted by Crippen LogP contribution is -2.60. The highest BCUT2D eigenvalue weighted by atomic mass is 16.7. The Morgan fingerprint density at radius 3 is 2.05 bits per heavy atom. The van der Waals surface area contributed by atoms with Gasteiger partial charge in [-0.15, -0.1) is 0 Å². The average molecular weight is 593 g/mol. The van der Waals surface area contributed by atoms with Gasteiger partial charge in [0.1, 0.15) is 47.8 Å². The van der Waals surface area contributed by atoms with Crippen molar-refractivity contribution in [2.75, 3.05) is 19.8 Å². The van der Waals surface area contributed by atoms with Gasteiger partial charge in [0.25, 0.3) is 0 Å². The number of hydrogen-bond donors (Lipinski definition) is 7. The van der Waals surface area contributed by atoms with Crippen LogP contribution in [0.3, 0.4) is 0 Å². The zero-order chi connectivity index (χ0) is 30.2. The molecule has 2 aromatic carbocycles. The fourth-order valence-electron chi connectivity index (χ4n) is 5.00. The van der Waals surface area contributed by atoms with Crippen molar-refractivity contribution in [1.82, 2.24) is 0 Å². The first-order valence-electron chi connectivity index (χ1n) is 14.1. The van der Waals surface area contributed by atoms with E-state index in [0.29, 0.717) is 19.3 Å². The lowest BCUT2D eigenvalue weighted by Gasteiger charge is -2.41. The highest BCUT2D eigenvalue weighted by molar-refractivity contribution is 5.79. The second-order valence-corrected chi connectivity index (χ2v) is 10.9. The standard InChI is InChI=1S/C30H40O12/c31-14-19-15-39-29(25(19)35)40-16-24-26(36)27(37)28(38)30(42-24)41-23(12-6-18-3-9-21(33)10-4-18)13-22(34)11-5-17-1-7-20(32)8-2-17/h1-4,7-10,19,23-33,35-38H,5-6,11-16H2/t19-,23-,24+,25+,26+,27-,28+,29-,30+/m0/s1. The van der Waals surface area contributed by atoms with Gasteiger partial charge in [0.15, 0.2) is 12.6 Å². The third kappa shape index (κ3) is 8.69. The second kappa shape index (κ2) is 15.2. The zero-order valence-electron chi connectivity index (χ0n) is 23.1. The lowest BCUT2D eigenvalue weighted by atomic mass is 9.98. The van der Waals surface area contributed by atoms with Crippen molar-refractivity contribution in [1.29, 1.82) is 0 Å². The van der Waals surface area contributed by atoms with Gasteiger partial charge in [-0.25, -0.2) is 0 Å². The van der Waals surface area contributed by atoms with E-state index in [9.17, 15) is 40.5 Å². The van der Waals surface area contributed by atoms with Crippen LogP contribution in [-0.2, 0) is 36.6 Å². The van der Waals surface area contributed by atoms with Crippen LogP contribution in [-0.4, -0.2) is 111 Å². The number of rotatable bonds is 14. The van der Waals surface area contributed by atoms with Crippen molar-refractivity contribution in [2.24, 2.45) is 5.92 Å². The predicted octanol–water partition coefficient (Wildman–Crippen LogP) is 0.157. The summed E-state index contributed by atoms with van der Waals surface area (Å²) in [7, 11) is 0. The van der Waals surface area contributed by atoms with E-state index < -0.39 is 55.1 Å². The minimum atomic E-state index is -1.64. The Labute approximate surface area is 243 Å². The summed E-state index contributed by atoms with van der Waals surface area (Å²) in [5, 5.41) is 70.3. The molecule has 232 valence electrons. The molecule has 0 saturated carbocycles. The monoisotopic (exact) mass is 592 g/mol. The first-order chi connectivity index (χ1) is 20.1. The second-order valence-electron chi connectivity index (χ2n) is 10.9. The fourth-order valence-corrected chi connectivity index (χ4v) is 5.00. The number of phenols is 2.